The van der Waals surface area contributed by atoms with Gasteiger partial charge < -0.3 is 16.0 Å². The minimum absolute atomic E-state index is 0.0149. The largest absolute Gasteiger partial charge is 0.399 e. The number of nitrogens with zero attached hydrogens (tertiary/aromatic N) is 1. The standard InChI is InChI=1S/C16H25N3O/c1-19(2)16(20)14-10-9-12(17)11-15(14)18-13-7-5-3-4-6-8-13/h9-11,13,18H,3-8,17H2,1-2H3. The van der Waals surface area contributed by atoms with Gasteiger partial charge in [-0.2, -0.15) is 0 Å². The molecule has 110 valence electrons. The first-order valence-electron chi connectivity index (χ1n) is 7.45. The lowest BCUT2D eigenvalue weighted by atomic mass is 10.1. The van der Waals surface area contributed by atoms with E-state index in [1.54, 1.807) is 25.1 Å². The Bertz CT molecular complexity index is 463. The molecule has 1 amide bonds. The van der Waals surface area contributed by atoms with Crippen LogP contribution in [0.15, 0.2) is 18.2 Å². The summed E-state index contributed by atoms with van der Waals surface area (Å²) in [6.45, 7) is 0. The molecule has 0 saturated heterocycles. The maximum absolute atomic E-state index is 12.2. The van der Waals surface area contributed by atoms with Crippen LogP contribution in [0.5, 0.6) is 0 Å². The van der Waals surface area contributed by atoms with Crippen LogP contribution < -0.4 is 11.1 Å². The molecule has 0 unspecified atom stereocenters. The summed E-state index contributed by atoms with van der Waals surface area (Å²) in [7, 11) is 3.54. The Morgan fingerprint density at radius 1 is 1.20 bits per heavy atom. The Labute approximate surface area is 121 Å². The van der Waals surface area contributed by atoms with Crippen LogP contribution in [0.3, 0.4) is 0 Å². The first-order valence-corrected chi connectivity index (χ1v) is 7.45. The molecule has 0 bridgehead atoms. The highest BCUT2D eigenvalue weighted by Gasteiger charge is 2.17. The molecule has 0 aromatic heterocycles. The Kier molecular flexibility index (Phi) is 4.88. The van der Waals surface area contributed by atoms with Gasteiger partial charge >= 0.3 is 0 Å². The molecule has 0 aliphatic heterocycles. The molecule has 0 heterocycles. The van der Waals surface area contributed by atoms with Gasteiger partial charge in [0.15, 0.2) is 0 Å². The van der Waals surface area contributed by atoms with Crippen LogP contribution in [-0.4, -0.2) is 30.9 Å². The van der Waals surface area contributed by atoms with Gasteiger partial charge in [0, 0.05) is 31.5 Å². The molecular weight excluding hydrogens is 250 g/mol. The minimum atomic E-state index is 0.0149. The van der Waals surface area contributed by atoms with Crippen LogP contribution in [-0.2, 0) is 0 Å². The van der Waals surface area contributed by atoms with Gasteiger partial charge in [0.2, 0.25) is 0 Å². The highest BCUT2D eigenvalue weighted by molar-refractivity contribution is 6.00. The summed E-state index contributed by atoms with van der Waals surface area (Å²) in [6.07, 6.45) is 7.50. The van der Waals surface area contributed by atoms with Crippen molar-refractivity contribution in [1.29, 1.82) is 0 Å². The Morgan fingerprint density at radius 2 is 1.85 bits per heavy atom. The van der Waals surface area contributed by atoms with Crippen LogP contribution in [0.4, 0.5) is 11.4 Å². The third kappa shape index (κ3) is 3.65. The van der Waals surface area contributed by atoms with Crippen molar-refractivity contribution in [2.24, 2.45) is 0 Å². The first-order chi connectivity index (χ1) is 9.58. The van der Waals surface area contributed by atoms with Crippen LogP contribution >= 0.6 is 0 Å². The molecule has 1 aromatic carbocycles. The van der Waals surface area contributed by atoms with Gasteiger partial charge in [0.25, 0.3) is 5.91 Å². The highest BCUT2D eigenvalue weighted by Crippen LogP contribution is 2.25. The van der Waals surface area contributed by atoms with Gasteiger partial charge in [-0.25, -0.2) is 0 Å². The van der Waals surface area contributed by atoms with Crippen molar-refractivity contribution >= 4 is 17.3 Å². The number of carbonyl (C=O) groups excluding carboxylic acids is 1. The number of hydrogen-bond acceptors (Lipinski definition) is 3. The van der Waals surface area contributed by atoms with Crippen LogP contribution in [0.1, 0.15) is 48.9 Å². The smallest absolute Gasteiger partial charge is 0.255 e. The number of nitrogens with one attached hydrogen (secondary N) is 1. The summed E-state index contributed by atoms with van der Waals surface area (Å²) >= 11 is 0. The van der Waals surface area contributed by atoms with Crippen molar-refractivity contribution in [2.75, 3.05) is 25.1 Å². The second-order valence-corrected chi connectivity index (χ2v) is 5.84. The van der Waals surface area contributed by atoms with Gasteiger partial charge in [0.1, 0.15) is 0 Å². The zero-order chi connectivity index (χ0) is 14.5. The van der Waals surface area contributed by atoms with Crippen LogP contribution in [0.25, 0.3) is 0 Å². The summed E-state index contributed by atoms with van der Waals surface area (Å²) in [6, 6.07) is 5.93. The normalized spacial score (nSPS) is 16.5. The highest BCUT2D eigenvalue weighted by atomic mass is 16.2. The van der Waals surface area contributed by atoms with Gasteiger partial charge in [-0.15, -0.1) is 0 Å². The maximum Gasteiger partial charge on any atom is 0.255 e. The van der Waals surface area contributed by atoms with E-state index in [1.165, 1.54) is 38.5 Å². The van der Waals surface area contributed by atoms with Gasteiger partial charge in [-0.05, 0) is 31.0 Å². The molecule has 1 aliphatic carbocycles. The number of rotatable bonds is 3. The summed E-state index contributed by atoms with van der Waals surface area (Å²) in [5.74, 6) is 0.0149. The lowest BCUT2D eigenvalue weighted by Crippen LogP contribution is -2.25. The zero-order valence-corrected chi connectivity index (χ0v) is 12.5. The first kappa shape index (κ1) is 14.7. The monoisotopic (exact) mass is 275 g/mol. The predicted molar refractivity (Wildman–Crippen MR) is 84.0 cm³/mol. The number of nitrogen functional groups attached to an aromatic ring is 1. The molecule has 1 aliphatic rings. The molecule has 4 nitrogen and oxygen atoms in total. The minimum Gasteiger partial charge on any atom is -0.399 e. The summed E-state index contributed by atoms with van der Waals surface area (Å²) in [5.41, 5.74) is 8.14. The number of hydrogen-bond donors (Lipinski definition) is 2. The lowest BCUT2D eigenvalue weighted by Gasteiger charge is -2.21. The fraction of sp³-hybridized carbons (Fsp3) is 0.562. The predicted octanol–water partition coefficient (Wildman–Crippen LogP) is 3.11. The third-order valence-electron chi connectivity index (χ3n) is 3.90. The molecule has 3 N–H and O–H groups in total. The molecule has 0 radical (unpaired) electrons. The van der Waals surface area contributed by atoms with E-state index in [0.29, 0.717) is 17.3 Å². The molecule has 0 atom stereocenters. The fourth-order valence-electron chi connectivity index (χ4n) is 2.75. The molecule has 0 spiro atoms. The van der Waals surface area contributed by atoms with E-state index in [9.17, 15) is 4.79 Å². The Hall–Kier alpha value is -1.71. The fourth-order valence-corrected chi connectivity index (χ4v) is 2.75. The van der Waals surface area contributed by atoms with E-state index in [0.717, 1.165) is 5.69 Å². The molecule has 1 aromatic rings. The number of nitrogens with two attached hydrogens (primary N) is 1. The average molecular weight is 275 g/mol. The Balaban J connectivity index is 2.20. The topological polar surface area (TPSA) is 58.4 Å². The Morgan fingerprint density at radius 3 is 2.45 bits per heavy atom. The van der Waals surface area contributed by atoms with Crippen molar-refractivity contribution in [3.63, 3.8) is 0 Å². The van der Waals surface area contributed by atoms with Crippen molar-refractivity contribution < 1.29 is 4.79 Å². The quantitative estimate of drug-likeness (QED) is 0.658. The molecule has 1 saturated carbocycles. The number of amides is 1. The molecule has 1 fully saturated rings. The molecule has 4 heteroatoms. The van der Waals surface area contributed by atoms with Gasteiger partial charge in [0.05, 0.1) is 5.56 Å². The van der Waals surface area contributed by atoms with Crippen LogP contribution in [0.2, 0.25) is 0 Å². The van der Waals surface area contributed by atoms with Gasteiger partial charge in [-0.1, -0.05) is 25.7 Å². The summed E-state index contributed by atoms with van der Waals surface area (Å²) in [4.78, 5) is 13.8. The lowest BCUT2D eigenvalue weighted by molar-refractivity contribution is 0.0828. The van der Waals surface area contributed by atoms with Crippen molar-refractivity contribution in [3.05, 3.63) is 23.8 Å². The molecular formula is C16H25N3O. The van der Waals surface area contributed by atoms with Crippen molar-refractivity contribution in [3.8, 4) is 0 Å². The molecule has 20 heavy (non-hydrogen) atoms. The SMILES string of the molecule is CN(C)C(=O)c1ccc(N)cc1NC1CCCCCC1. The average Bonchev–Trinajstić information content (AvgIpc) is 2.67. The third-order valence-corrected chi connectivity index (χ3v) is 3.90. The van der Waals surface area contributed by atoms with E-state index >= 15 is 0 Å². The van der Waals surface area contributed by atoms with Crippen molar-refractivity contribution in [2.45, 2.75) is 44.6 Å². The van der Waals surface area contributed by atoms with E-state index in [-0.39, 0.29) is 5.91 Å². The summed E-state index contributed by atoms with van der Waals surface area (Å²) in [5, 5.41) is 3.54. The van der Waals surface area contributed by atoms with E-state index in [4.69, 9.17) is 5.73 Å². The van der Waals surface area contributed by atoms with Crippen molar-refractivity contribution in [1.82, 2.24) is 4.90 Å². The van der Waals surface area contributed by atoms with E-state index in [2.05, 4.69) is 5.32 Å². The number of anilines is 2. The number of benzene rings is 1. The second kappa shape index (κ2) is 6.64. The summed E-state index contributed by atoms with van der Waals surface area (Å²) < 4.78 is 0. The maximum atomic E-state index is 12.2. The zero-order valence-electron chi connectivity index (χ0n) is 12.5. The van der Waals surface area contributed by atoms with E-state index in [1.807, 2.05) is 12.1 Å². The molecule has 2 rings (SSSR count). The number of carbonyl (C=O) groups is 1. The van der Waals surface area contributed by atoms with E-state index < -0.39 is 0 Å². The van der Waals surface area contributed by atoms with Crippen LogP contribution in [0, 0.1) is 0 Å². The van der Waals surface area contributed by atoms with Gasteiger partial charge in [-0.3, -0.25) is 4.79 Å². The second-order valence-electron chi connectivity index (χ2n) is 5.84.